The first-order chi connectivity index (χ1) is 16.9. The van der Waals surface area contributed by atoms with Gasteiger partial charge in [-0.3, -0.25) is 4.79 Å². The zero-order chi connectivity index (χ0) is 26.3. The predicted molar refractivity (Wildman–Crippen MR) is 135 cm³/mol. The van der Waals surface area contributed by atoms with Crippen molar-refractivity contribution in [2.75, 3.05) is 26.3 Å². The maximum absolute atomic E-state index is 12.8. The van der Waals surface area contributed by atoms with Crippen LogP contribution in [-0.4, -0.2) is 57.1 Å². The van der Waals surface area contributed by atoms with Gasteiger partial charge < -0.3 is 19.1 Å². The molecule has 2 aromatic carbocycles. The van der Waals surface area contributed by atoms with Gasteiger partial charge in [-0.2, -0.15) is 0 Å². The molecular weight excluding hydrogens is 484 g/mol. The number of Topliss-reactive ketones (excluding diaryl/α,β-unsaturated/α-hetero) is 1. The molecule has 2 N–H and O–H groups in total. The van der Waals surface area contributed by atoms with Crippen LogP contribution in [0.4, 0.5) is 4.79 Å². The van der Waals surface area contributed by atoms with Crippen LogP contribution in [0, 0.1) is 0 Å². The van der Waals surface area contributed by atoms with Crippen molar-refractivity contribution in [2.45, 2.75) is 57.0 Å². The predicted octanol–water partition coefficient (Wildman–Crippen LogP) is 3.94. The summed E-state index contributed by atoms with van der Waals surface area (Å²) >= 11 is 0. The van der Waals surface area contributed by atoms with Crippen LogP contribution in [0.15, 0.2) is 47.4 Å². The zero-order valence-electron chi connectivity index (χ0n) is 21.0. The number of primary sulfonamides is 1. The van der Waals surface area contributed by atoms with Crippen molar-refractivity contribution >= 4 is 21.9 Å². The molecule has 0 bridgehead atoms. The van der Waals surface area contributed by atoms with Crippen molar-refractivity contribution in [3.05, 3.63) is 53.6 Å². The molecule has 2 aromatic rings. The molecule has 0 aromatic heterocycles. The van der Waals surface area contributed by atoms with Gasteiger partial charge in [-0.05, 0) is 57.7 Å². The highest BCUT2D eigenvalue weighted by molar-refractivity contribution is 7.89. The molecule has 1 aliphatic rings. The van der Waals surface area contributed by atoms with E-state index in [9.17, 15) is 18.0 Å². The van der Waals surface area contributed by atoms with E-state index in [-0.39, 0.29) is 47.4 Å². The molecule has 0 radical (unpaired) electrons. The van der Waals surface area contributed by atoms with Crippen molar-refractivity contribution in [3.8, 4) is 11.5 Å². The highest BCUT2D eigenvalue weighted by Crippen LogP contribution is 2.37. The second kappa shape index (κ2) is 11.7. The van der Waals surface area contributed by atoms with Crippen LogP contribution in [0.1, 0.15) is 56.0 Å². The van der Waals surface area contributed by atoms with Crippen LogP contribution in [0.5, 0.6) is 11.5 Å². The second-order valence-corrected chi connectivity index (χ2v) is 11.2. The fraction of sp³-hybridized carbons (Fsp3) is 0.462. The molecule has 36 heavy (non-hydrogen) atoms. The van der Waals surface area contributed by atoms with E-state index in [1.54, 1.807) is 4.90 Å². The minimum atomic E-state index is -4.11. The van der Waals surface area contributed by atoms with Crippen LogP contribution in [0.2, 0.25) is 0 Å². The van der Waals surface area contributed by atoms with Gasteiger partial charge in [-0.15, -0.1) is 0 Å². The number of fused-ring (bicyclic) bond motifs is 1. The Kier molecular flexibility index (Phi) is 8.97. The third-order valence-corrected chi connectivity index (χ3v) is 6.40. The highest BCUT2D eigenvalue weighted by Gasteiger charge is 2.26. The maximum Gasteiger partial charge on any atom is 0.410 e. The van der Waals surface area contributed by atoms with Gasteiger partial charge in [0.1, 0.15) is 23.7 Å². The molecule has 9 nitrogen and oxygen atoms in total. The lowest BCUT2D eigenvalue weighted by Gasteiger charge is -2.27. The van der Waals surface area contributed by atoms with E-state index < -0.39 is 21.7 Å². The number of benzene rings is 2. The standard InChI is InChI=1S/C26H34N2O7S/c1-26(2,3)35-25(30)28(14-12-19-9-5-4-6-10-19)13-8-7-11-21(29)20-17-22-24(34-16-15-33-22)23(18-20)36(27,31)32/h4-6,9-10,17-18H,7-8,11-16H2,1-3H3,(H2,27,31,32). The lowest BCUT2D eigenvalue weighted by atomic mass is 10.0. The number of nitrogens with two attached hydrogens (primary N) is 1. The van der Waals surface area contributed by atoms with E-state index >= 15 is 0 Å². The summed E-state index contributed by atoms with van der Waals surface area (Å²) in [6, 6.07) is 12.6. The van der Waals surface area contributed by atoms with E-state index in [2.05, 4.69) is 0 Å². The van der Waals surface area contributed by atoms with Crippen molar-refractivity contribution in [1.82, 2.24) is 4.90 Å². The Morgan fingerprint density at radius 3 is 2.39 bits per heavy atom. The second-order valence-electron chi connectivity index (χ2n) is 9.63. The lowest BCUT2D eigenvalue weighted by Crippen LogP contribution is -2.38. The first kappa shape index (κ1) is 27.5. The number of hydrogen-bond donors (Lipinski definition) is 1. The summed E-state index contributed by atoms with van der Waals surface area (Å²) in [6.45, 7) is 6.83. The van der Waals surface area contributed by atoms with Crippen LogP contribution in [0.3, 0.4) is 0 Å². The van der Waals surface area contributed by atoms with E-state index in [0.717, 1.165) is 5.56 Å². The third-order valence-electron chi connectivity index (χ3n) is 5.48. The Bertz CT molecular complexity index is 1170. The first-order valence-corrected chi connectivity index (χ1v) is 13.5. The van der Waals surface area contributed by atoms with Gasteiger partial charge in [0.15, 0.2) is 17.3 Å². The summed E-state index contributed by atoms with van der Waals surface area (Å²) in [6.07, 6.45) is 1.54. The number of unbranched alkanes of at least 4 members (excludes halogenated alkanes) is 1. The number of rotatable bonds is 10. The van der Waals surface area contributed by atoms with Crippen LogP contribution >= 0.6 is 0 Å². The minimum absolute atomic E-state index is 0.0340. The molecule has 1 heterocycles. The molecule has 0 atom stereocenters. The third kappa shape index (κ3) is 7.96. The molecule has 196 valence electrons. The molecule has 0 saturated carbocycles. The normalized spacial score (nSPS) is 13.2. The van der Waals surface area contributed by atoms with E-state index in [0.29, 0.717) is 32.4 Å². The summed E-state index contributed by atoms with van der Waals surface area (Å²) in [4.78, 5) is 27.0. The molecule has 1 aliphatic heterocycles. The average molecular weight is 519 g/mol. The summed E-state index contributed by atoms with van der Waals surface area (Å²) < 4.78 is 40.5. The zero-order valence-corrected chi connectivity index (χ0v) is 21.8. The summed E-state index contributed by atoms with van der Waals surface area (Å²) in [5.74, 6) is -0.0233. The Labute approximate surface area is 212 Å². The molecule has 0 unspecified atom stereocenters. The van der Waals surface area contributed by atoms with Gasteiger partial charge in [0.25, 0.3) is 0 Å². The van der Waals surface area contributed by atoms with E-state index in [1.807, 2.05) is 51.1 Å². The largest absolute Gasteiger partial charge is 0.486 e. The minimum Gasteiger partial charge on any atom is -0.486 e. The monoisotopic (exact) mass is 518 g/mol. The summed E-state index contributed by atoms with van der Waals surface area (Å²) in [5, 5.41) is 5.32. The average Bonchev–Trinajstić information content (AvgIpc) is 2.81. The Morgan fingerprint density at radius 1 is 1.03 bits per heavy atom. The van der Waals surface area contributed by atoms with E-state index in [1.165, 1.54) is 12.1 Å². The molecule has 0 spiro atoms. The number of ether oxygens (including phenoxy) is 3. The molecule has 0 saturated heterocycles. The van der Waals surface area contributed by atoms with Crippen LogP contribution in [0.25, 0.3) is 0 Å². The molecular formula is C26H34N2O7S. The van der Waals surface area contributed by atoms with Crippen molar-refractivity contribution in [2.24, 2.45) is 5.14 Å². The highest BCUT2D eigenvalue weighted by atomic mass is 32.2. The van der Waals surface area contributed by atoms with Gasteiger partial charge in [0, 0.05) is 25.1 Å². The van der Waals surface area contributed by atoms with Crippen molar-refractivity contribution in [3.63, 3.8) is 0 Å². The number of hydrogen-bond acceptors (Lipinski definition) is 7. The summed E-state index contributed by atoms with van der Waals surface area (Å²) in [5.41, 5.74) is 0.693. The topological polar surface area (TPSA) is 125 Å². The number of amides is 1. The fourth-order valence-electron chi connectivity index (χ4n) is 3.76. The quantitative estimate of drug-likeness (QED) is 0.373. The molecule has 3 rings (SSSR count). The van der Waals surface area contributed by atoms with Crippen molar-refractivity contribution in [1.29, 1.82) is 0 Å². The number of carbonyl (C=O) groups is 2. The van der Waals surface area contributed by atoms with Crippen molar-refractivity contribution < 1.29 is 32.2 Å². The van der Waals surface area contributed by atoms with Gasteiger partial charge in [0.05, 0.1) is 0 Å². The maximum atomic E-state index is 12.8. The van der Waals surface area contributed by atoms with Gasteiger partial charge in [-0.1, -0.05) is 30.3 Å². The smallest absolute Gasteiger partial charge is 0.410 e. The Balaban J connectivity index is 1.61. The molecule has 1 amide bonds. The number of carbonyl (C=O) groups excluding carboxylic acids is 2. The van der Waals surface area contributed by atoms with E-state index in [4.69, 9.17) is 19.3 Å². The number of ketones is 1. The molecule has 0 fully saturated rings. The Hall–Kier alpha value is -3.11. The Morgan fingerprint density at radius 2 is 1.72 bits per heavy atom. The van der Waals surface area contributed by atoms with Crippen LogP contribution < -0.4 is 14.6 Å². The van der Waals surface area contributed by atoms with Gasteiger partial charge in [-0.25, -0.2) is 18.4 Å². The lowest BCUT2D eigenvalue weighted by molar-refractivity contribution is 0.0249. The SMILES string of the molecule is CC(C)(C)OC(=O)N(CCCCC(=O)c1cc2c(c(S(N)(=O)=O)c1)OCCO2)CCc1ccccc1. The molecule has 10 heteroatoms. The fourth-order valence-corrected chi connectivity index (χ4v) is 4.47. The first-order valence-electron chi connectivity index (χ1n) is 12.0. The molecule has 0 aliphatic carbocycles. The van der Waals surface area contributed by atoms with Gasteiger partial charge in [0.2, 0.25) is 10.0 Å². The number of sulfonamides is 1. The van der Waals surface area contributed by atoms with Crippen LogP contribution in [-0.2, 0) is 21.2 Å². The number of nitrogens with zero attached hydrogens (tertiary/aromatic N) is 1. The van der Waals surface area contributed by atoms with Gasteiger partial charge >= 0.3 is 6.09 Å². The summed E-state index contributed by atoms with van der Waals surface area (Å²) in [7, 11) is -4.11.